The zero-order valence-electron chi connectivity index (χ0n) is 9.67. The van der Waals surface area contributed by atoms with Gasteiger partial charge in [-0.25, -0.2) is 0 Å². The van der Waals surface area contributed by atoms with Gasteiger partial charge in [0.05, 0.1) is 5.68 Å². The lowest BCUT2D eigenvalue weighted by atomic mass is 9.49. The maximum atomic E-state index is 11.4. The van der Waals surface area contributed by atoms with Crippen molar-refractivity contribution >= 4 is 28.6 Å². The Bertz CT molecular complexity index is 167. The maximum Gasteiger partial charge on any atom is 0.177 e. The van der Waals surface area contributed by atoms with Gasteiger partial charge < -0.3 is 10.0 Å². The third-order valence-electron chi connectivity index (χ3n) is 2.58. The lowest BCUT2D eigenvalue weighted by molar-refractivity contribution is -0.115. The van der Waals surface area contributed by atoms with Crippen molar-refractivity contribution in [2.24, 2.45) is 5.92 Å². The first kappa shape index (κ1) is 14.8. The van der Waals surface area contributed by atoms with Crippen LogP contribution in [0.2, 0.25) is 0 Å². The van der Waals surface area contributed by atoms with Crippen molar-refractivity contribution in [1.29, 1.82) is 0 Å². The van der Waals surface area contributed by atoms with Crippen LogP contribution in [0.4, 0.5) is 0 Å². The Morgan fingerprint density at radius 1 is 1.33 bits per heavy atom. The molecule has 0 saturated carbocycles. The molecular weight excluding hydrogens is 183 g/mol. The summed E-state index contributed by atoms with van der Waals surface area (Å²) in [6.45, 7) is 2.94. The third kappa shape index (κ3) is 7.72. The van der Waals surface area contributed by atoms with E-state index in [1.165, 1.54) is 7.17 Å². The topological polar surface area (TPSA) is 29.1 Å². The van der Waals surface area contributed by atoms with Gasteiger partial charge >= 0.3 is 0 Å². The fraction of sp³-hybridized carbons (Fsp3) is 0.900. The van der Waals surface area contributed by atoms with E-state index in [2.05, 4.69) is 12.2 Å². The van der Waals surface area contributed by atoms with E-state index >= 15 is 0 Å². The van der Waals surface area contributed by atoms with E-state index < -0.39 is 0 Å². The molecule has 1 atom stereocenters. The first-order valence-electron chi connectivity index (χ1n) is 5.78. The van der Waals surface area contributed by atoms with Crippen molar-refractivity contribution < 1.29 is 4.79 Å². The van der Waals surface area contributed by atoms with E-state index in [-0.39, 0.29) is 11.6 Å². The number of rotatable bonds is 10. The lowest BCUT2D eigenvalue weighted by Crippen LogP contribution is -2.21. The van der Waals surface area contributed by atoms with E-state index in [0.29, 0.717) is 0 Å². The molecule has 15 heavy (non-hydrogen) atoms. The molecule has 0 aromatic carbocycles. The summed E-state index contributed by atoms with van der Waals surface area (Å²) in [6, 6.07) is 0. The monoisotopic (exact) mass is 202 g/mol. The first-order valence-corrected chi connectivity index (χ1v) is 5.78. The lowest BCUT2D eigenvalue weighted by Gasteiger charge is -2.14. The average molecular weight is 202 g/mol. The highest BCUT2D eigenvalue weighted by Crippen LogP contribution is 2.16. The minimum atomic E-state index is 0.0915. The zero-order valence-corrected chi connectivity index (χ0v) is 9.67. The van der Waals surface area contributed by atoms with E-state index in [1.54, 1.807) is 0 Å². The van der Waals surface area contributed by atoms with Crippen molar-refractivity contribution in [2.45, 2.75) is 45.4 Å². The number of carbonyl (C=O) groups excluding carboxylic acids is 1. The zero-order chi connectivity index (χ0) is 11.5. The summed E-state index contributed by atoms with van der Waals surface area (Å²) in [7, 11) is 11.6. The molecule has 1 N–H and O–H groups in total. The molecule has 5 radical (unpaired) electrons. The highest BCUT2D eigenvalue weighted by atomic mass is 16.1. The summed E-state index contributed by atoms with van der Waals surface area (Å²) < 4.78 is 0. The van der Waals surface area contributed by atoms with Gasteiger partial charge in [0.1, 0.15) is 7.17 Å². The normalized spacial score (nSPS) is 12.3. The second kappa shape index (κ2) is 10.3. The smallest absolute Gasteiger partial charge is 0.177 e. The molecule has 0 spiro atoms. The molecule has 5 heteroatoms. The fourth-order valence-electron chi connectivity index (χ4n) is 1.71. The molecular formula is C10H19B3NO. The molecule has 2 nitrogen and oxygen atoms in total. The van der Waals surface area contributed by atoms with Crippen LogP contribution in [0.25, 0.3) is 0 Å². The van der Waals surface area contributed by atoms with Crippen LogP contribution in [-0.4, -0.2) is 35.1 Å². The van der Waals surface area contributed by atoms with E-state index in [0.717, 1.165) is 45.1 Å². The maximum absolute atomic E-state index is 11.4. The molecule has 0 aliphatic carbocycles. The summed E-state index contributed by atoms with van der Waals surface area (Å²) in [5.74, 6) is 0.130. The molecule has 0 amide bonds. The van der Waals surface area contributed by atoms with Crippen LogP contribution < -0.4 is 5.23 Å². The quantitative estimate of drug-likeness (QED) is 0.421. The van der Waals surface area contributed by atoms with Crippen LogP contribution in [0.3, 0.4) is 0 Å². The van der Waals surface area contributed by atoms with E-state index in [9.17, 15) is 4.79 Å². The SMILES string of the molecule is [B][B]C(=O)[C@@H](CCC)CCCCCN[B]. The molecule has 0 bridgehead atoms. The number of hydrogen-bond acceptors (Lipinski definition) is 2. The molecule has 0 aromatic rings. The van der Waals surface area contributed by atoms with Crippen LogP contribution in [0, 0.1) is 5.92 Å². The summed E-state index contributed by atoms with van der Waals surface area (Å²) in [5.41, 5.74) is 0.0915. The molecule has 0 unspecified atom stereocenters. The van der Waals surface area contributed by atoms with Gasteiger partial charge in [-0.1, -0.05) is 26.2 Å². The summed E-state index contributed by atoms with van der Waals surface area (Å²) in [4.78, 5) is 11.4. The van der Waals surface area contributed by atoms with Gasteiger partial charge in [0.2, 0.25) is 0 Å². The molecule has 0 aliphatic rings. The second-order valence-electron chi connectivity index (χ2n) is 3.86. The van der Waals surface area contributed by atoms with Gasteiger partial charge in [-0.15, -0.1) is 0 Å². The predicted octanol–water partition coefficient (Wildman–Crippen LogP) is 0.950. The Morgan fingerprint density at radius 3 is 2.60 bits per heavy atom. The van der Waals surface area contributed by atoms with E-state index in [4.69, 9.17) is 15.7 Å². The number of carbonyl (C=O) groups is 1. The summed E-state index contributed by atoms with van der Waals surface area (Å²) in [5, 5.41) is 2.62. The van der Waals surface area contributed by atoms with Crippen molar-refractivity contribution in [3.8, 4) is 0 Å². The van der Waals surface area contributed by atoms with Crippen LogP contribution in [0.1, 0.15) is 45.4 Å². The van der Waals surface area contributed by atoms with Crippen molar-refractivity contribution in [1.82, 2.24) is 5.23 Å². The molecule has 0 aromatic heterocycles. The highest BCUT2D eigenvalue weighted by Gasteiger charge is 2.14. The Balaban J connectivity index is 3.61. The fourth-order valence-corrected chi connectivity index (χ4v) is 1.71. The molecule has 0 rings (SSSR count). The highest BCUT2D eigenvalue weighted by molar-refractivity contribution is 7.08. The summed E-state index contributed by atoms with van der Waals surface area (Å²) in [6.07, 6.45) is 6.19. The largest absolute Gasteiger partial charge is 0.366 e. The van der Waals surface area contributed by atoms with Crippen molar-refractivity contribution in [3.63, 3.8) is 0 Å². The Kier molecular flexibility index (Phi) is 10.2. The first-order chi connectivity index (χ1) is 7.26. The van der Waals surface area contributed by atoms with Crippen LogP contribution in [0.15, 0.2) is 0 Å². The van der Waals surface area contributed by atoms with Crippen LogP contribution in [0.5, 0.6) is 0 Å². The van der Waals surface area contributed by atoms with Crippen molar-refractivity contribution in [3.05, 3.63) is 0 Å². The average Bonchev–Trinajstić information content (AvgIpc) is 2.26. The Hall–Kier alpha value is -0.175. The molecule has 0 heterocycles. The van der Waals surface area contributed by atoms with Gasteiger partial charge in [-0.3, -0.25) is 0 Å². The van der Waals surface area contributed by atoms with Crippen molar-refractivity contribution in [2.75, 3.05) is 6.54 Å². The molecule has 0 aliphatic heterocycles. The van der Waals surface area contributed by atoms with Crippen LogP contribution in [-0.2, 0) is 4.79 Å². The van der Waals surface area contributed by atoms with Gasteiger partial charge in [0.15, 0.2) is 7.98 Å². The molecule has 0 saturated heterocycles. The van der Waals surface area contributed by atoms with Gasteiger partial charge in [-0.2, -0.15) is 0 Å². The standard InChI is InChI=1S/C10H19B3NO/c1-2-6-9(10(15)13-11)7-4-3-5-8-14-12/h9,14H,2-8H2,1H3/t9-/m0/s1. The molecule has 79 valence electrons. The van der Waals surface area contributed by atoms with Crippen LogP contribution >= 0.6 is 0 Å². The summed E-state index contributed by atoms with van der Waals surface area (Å²) >= 11 is 0. The number of unbranched alkanes of at least 4 members (excludes halogenated alkanes) is 2. The number of hydrogen-bond donors (Lipinski definition) is 1. The molecule has 0 fully saturated rings. The van der Waals surface area contributed by atoms with E-state index in [1.807, 2.05) is 0 Å². The minimum absolute atomic E-state index is 0.0915. The van der Waals surface area contributed by atoms with Gasteiger partial charge in [0.25, 0.3) is 0 Å². The Morgan fingerprint density at radius 2 is 2.07 bits per heavy atom. The van der Waals surface area contributed by atoms with Gasteiger partial charge in [-0.05, 0) is 25.8 Å². The van der Waals surface area contributed by atoms with Gasteiger partial charge in [0, 0.05) is 13.7 Å². The number of nitrogens with one attached hydrogen (secondary N) is 1. The minimum Gasteiger partial charge on any atom is -0.366 e. The third-order valence-corrected chi connectivity index (χ3v) is 2.58. The second-order valence-corrected chi connectivity index (χ2v) is 3.86. The Labute approximate surface area is 97.0 Å². The predicted molar refractivity (Wildman–Crippen MR) is 67.1 cm³/mol.